The first-order chi connectivity index (χ1) is 13.3. The van der Waals surface area contributed by atoms with Gasteiger partial charge in [-0.3, -0.25) is 4.79 Å². The number of rotatable bonds is 7. The van der Waals surface area contributed by atoms with Crippen molar-refractivity contribution in [1.82, 2.24) is 25.5 Å². The highest BCUT2D eigenvalue weighted by molar-refractivity contribution is 5.80. The summed E-state index contributed by atoms with van der Waals surface area (Å²) in [5, 5.41) is 14.5. The quantitative estimate of drug-likeness (QED) is 0.702. The number of hydrogen-bond donors (Lipinski definition) is 1. The predicted molar refractivity (Wildman–Crippen MR) is 102 cm³/mol. The molecule has 0 aliphatic heterocycles. The van der Waals surface area contributed by atoms with Crippen LogP contribution in [0, 0.1) is 0 Å². The van der Waals surface area contributed by atoms with Crippen LogP contribution in [0.3, 0.4) is 0 Å². The molecule has 1 aliphatic carbocycles. The van der Waals surface area contributed by atoms with Crippen molar-refractivity contribution in [2.45, 2.75) is 37.1 Å². The molecule has 3 aromatic rings. The summed E-state index contributed by atoms with van der Waals surface area (Å²) < 4.78 is 1.54. The lowest BCUT2D eigenvalue weighted by Gasteiger charge is -2.42. The fourth-order valence-corrected chi connectivity index (χ4v) is 3.79. The van der Waals surface area contributed by atoms with Gasteiger partial charge in [0.15, 0.2) is 0 Å². The highest BCUT2D eigenvalue weighted by Crippen LogP contribution is 2.43. The average molecular weight is 361 g/mol. The molecule has 138 valence electrons. The molecule has 6 heteroatoms. The third-order valence-electron chi connectivity index (χ3n) is 5.56. The van der Waals surface area contributed by atoms with Crippen LogP contribution in [-0.4, -0.2) is 32.7 Å². The summed E-state index contributed by atoms with van der Waals surface area (Å²) in [4.78, 5) is 13.0. The average Bonchev–Trinajstić information content (AvgIpc) is 3.21. The Morgan fingerprint density at radius 2 is 1.78 bits per heavy atom. The van der Waals surface area contributed by atoms with Crippen LogP contribution in [0.1, 0.15) is 36.4 Å². The second-order valence-electron chi connectivity index (χ2n) is 7.21. The number of hydrogen-bond acceptors (Lipinski definition) is 4. The topological polar surface area (TPSA) is 72.7 Å². The van der Waals surface area contributed by atoms with Crippen molar-refractivity contribution in [3.63, 3.8) is 0 Å². The number of nitrogens with zero attached hydrogens (tertiary/aromatic N) is 4. The second-order valence-corrected chi connectivity index (χ2v) is 7.21. The van der Waals surface area contributed by atoms with Crippen molar-refractivity contribution in [2.24, 2.45) is 0 Å². The van der Waals surface area contributed by atoms with Gasteiger partial charge in [-0.1, -0.05) is 67.1 Å². The normalized spacial score (nSPS) is 16.3. The van der Waals surface area contributed by atoms with Gasteiger partial charge in [-0.15, -0.1) is 5.10 Å². The molecule has 4 rings (SSSR count). The number of carbonyl (C=O) groups excluding carboxylic acids is 1. The molecular weight excluding hydrogens is 338 g/mol. The van der Waals surface area contributed by atoms with Crippen molar-refractivity contribution < 1.29 is 4.79 Å². The summed E-state index contributed by atoms with van der Waals surface area (Å²) in [6.45, 7) is 0.642. The lowest BCUT2D eigenvalue weighted by atomic mass is 9.64. The first kappa shape index (κ1) is 17.4. The largest absolute Gasteiger partial charge is 0.353 e. The molecule has 0 saturated heterocycles. The molecule has 0 spiro atoms. The molecule has 1 unspecified atom stereocenters. The lowest BCUT2D eigenvalue weighted by molar-refractivity contribution is -0.125. The second kappa shape index (κ2) is 7.70. The van der Waals surface area contributed by atoms with E-state index in [0.29, 0.717) is 13.0 Å². The fourth-order valence-electron chi connectivity index (χ4n) is 3.79. The summed E-state index contributed by atoms with van der Waals surface area (Å²) >= 11 is 0. The maximum atomic E-state index is 13.0. The molecule has 1 N–H and O–H groups in total. The Hall–Kier alpha value is -3.02. The number of nitrogens with one attached hydrogen (secondary N) is 1. The predicted octanol–water partition coefficient (Wildman–Crippen LogP) is 2.70. The standard InChI is InChI=1S/C21H23N5O/c27-20(22-15-21(12-7-13-21)18-10-5-2-6-11-18)19(26-16-23-24-25-26)14-17-8-3-1-4-9-17/h1-6,8-11,16,19H,7,12-15H2,(H,22,27). The molecule has 1 heterocycles. The Labute approximate surface area is 158 Å². The van der Waals surface area contributed by atoms with Gasteiger partial charge in [-0.25, -0.2) is 4.68 Å². The zero-order chi connectivity index (χ0) is 18.5. The third kappa shape index (κ3) is 3.74. The zero-order valence-electron chi connectivity index (χ0n) is 15.2. The van der Waals surface area contributed by atoms with E-state index in [0.717, 1.165) is 18.4 Å². The van der Waals surface area contributed by atoms with Gasteiger partial charge in [0.2, 0.25) is 5.91 Å². The van der Waals surface area contributed by atoms with Crippen molar-refractivity contribution in [3.8, 4) is 0 Å². The van der Waals surface area contributed by atoms with Gasteiger partial charge >= 0.3 is 0 Å². The minimum atomic E-state index is -0.463. The van der Waals surface area contributed by atoms with Crippen molar-refractivity contribution in [3.05, 3.63) is 78.1 Å². The lowest BCUT2D eigenvalue weighted by Crippen LogP contribution is -2.47. The molecule has 0 radical (unpaired) electrons. The van der Waals surface area contributed by atoms with E-state index in [1.54, 1.807) is 0 Å². The number of tetrazole rings is 1. The van der Waals surface area contributed by atoms with Crippen LogP contribution >= 0.6 is 0 Å². The van der Waals surface area contributed by atoms with E-state index >= 15 is 0 Å². The van der Waals surface area contributed by atoms with Crippen LogP contribution in [0.25, 0.3) is 0 Å². The minimum Gasteiger partial charge on any atom is -0.353 e. The van der Waals surface area contributed by atoms with E-state index in [1.807, 2.05) is 36.4 Å². The fraction of sp³-hybridized carbons (Fsp3) is 0.333. The first-order valence-electron chi connectivity index (χ1n) is 9.36. The van der Waals surface area contributed by atoms with Gasteiger partial charge in [0.25, 0.3) is 0 Å². The maximum Gasteiger partial charge on any atom is 0.245 e. The van der Waals surface area contributed by atoms with Gasteiger partial charge in [0.1, 0.15) is 12.4 Å². The number of aromatic nitrogens is 4. The molecule has 1 atom stereocenters. The number of benzene rings is 2. The van der Waals surface area contributed by atoms with Gasteiger partial charge in [0.05, 0.1) is 0 Å². The van der Waals surface area contributed by atoms with Crippen molar-refractivity contribution in [2.75, 3.05) is 6.54 Å². The minimum absolute atomic E-state index is 0.0478. The highest BCUT2D eigenvalue weighted by atomic mass is 16.2. The molecule has 1 fully saturated rings. The van der Waals surface area contributed by atoms with E-state index < -0.39 is 6.04 Å². The Morgan fingerprint density at radius 1 is 1.07 bits per heavy atom. The Morgan fingerprint density at radius 3 is 2.37 bits per heavy atom. The number of carbonyl (C=O) groups is 1. The number of amides is 1. The Balaban J connectivity index is 1.49. The van der Waals surface area contributed by atoms with Crippen LogP contribution < -0.4 is 5.32 Å². The monoisotopic (exact) mass is 361 g/mol. The van der Waals surface area contributed by atoms with Gasteiger partial charge in [-0.2, -0.15) is 0 Å². The summed E-state index contributed by atoms with van der Waals surface area (Å²) in [6, 6.07) is 20.0. The van der Waals surface area contributed by atoms with Crippen LogP contribution in [0.4, 0.5) is 0 Å². The van der Waals surface area contributed by atoms with E-state index in [-0.39, 0.29) is 11.3 Å². The van der Waals surface area contributed by atoms with Crippen molar-refractivity contribution in [1.29, 1.82) is 0 Å². The van der Waals surface area contributed by atoms with E-state index in [9.17, 15) is 4.79 Å². The Kier molecular flexibility index (Phi) is 4.96. The third-order valence-corrected chi connectivity index (χ3v) is 5.56. The van der Waals surface area contributed by atoms with E-state index in [2.05, 4.69) is 45.1 Å². The van der Waals surface area contributed by atoms with Crippen LogP contribution in [0.15, 0.2) is 67.0 Å². The van der Waals surface area contributed by atoms with E-state index in [4.69, 9.17) is 0 Å². The summed E-state index contributed by atoms with van der Waals surface area (Å²) in [5.74, 6) is -0.0478. The summed E-state index contributed by atoms with van der Waals surface area (Å²) in [6.07, 6.45) is 5.46. The molecule has 1 saturated carbocycles. The molecule has 1 aromatic heterocycles. The Bertz CT molecular complexity index is 860. The SMILES string of the molecule is O=C(NCC1(c2ccccc2)CCC1)C(Cc1ccccc1)n1cnnn1. The van der Waals surface area contributed by atoms with Crippen LogP contribution in [-0.2, 0) is 16.6 Å². The highest BCUT2D eigenvalue weighted by Gasteiger charge is 2.39. The molecular formula is C21H23N5O. The first-order valence-corrected chi connectivity index (χ1v) is 9.36. The van der Waals surface area contributed by atoms with Crippen LogP contribution in [0.2, 0.25) is 0 Å². The van der Waals surface area contributed by atoms with E-state index in [1.165, 1.54) is 23.0 Å². The summed E-state index contributed by atoms with van der Waals surface area (Å²) in [7, 11) is 0. The molecule has 1 aliphatic rings. The van der Waals surface area contributed by atoms with Gasteiger partial charge in [0, 0.05) is 18.4 Å². The van der Waals surface area contributed by atoms with Crippen molar-refractivity contribution >= 4 is 5.91 Å². The zero-order valence-corrected chi connectivity index (χ0v) is 15.2. The van der Waals surface area contributed by atoms with Gasteiger partial charge < -0.3 is 5.32 Å². The molecule has 6 nitrogen and oxygen atoms in total. The smallest absolute Gasteiger partial charge is 0.245 e. The maximum absolute atomic E-state index is 13.0. The van der Waals surface area contributed by atoms with Crippen LogP contribution in [0.5, 0.6) is 0 Å². The molecule has 1 amide bonds. The summed E-state index contributed by atoms with van der Waals surface area (Å²) in [5.41, 5.74) is 2.43. The molecule has 2 aromatic carbocycles. The van der Waals surface area contributed by atoms with Gasteiger partial charge in [-0.05, 0) is 34.4 Å². The molecule has 0 bridgehead atoms. The molecule has 27 heavy (non-hydrogen) atoms.